The van der Waals surface area contributed by atoms with Crippen LogP contribution >= 0.6 is 0 Å². The summed E-state index contributed by atoms with van der Waals surface area (Å²) in [4.78, 5) is 31.1. The molecule has 1 aromatic heterocycles. The predicted molar refractivity (Wildman–Crippen MR) is 97.0 cm³/mol. The van der Waals surface area contributed by atoms with Crippen molar-refractivity contribution in [3.8, 4) is 0 Å². The Hall–Kier alpha value is -1.62. The summed E-state index contributed by atoms with van der Waals surface area (Å²) in [6, 6.07) is 1.48. The Kier molecular flexibility index (Phi) is 3.83. The van der Waals surface area contributed by atoms with Crippen LogP contribution in [0.25, 0.3) is 0 Å². The zero-order valence-corrected chi connectivity index (χ0v) is 15.7. The molecule has 1 saturated heterocycles. The molecule has 3 aliphatic rings. The molecule has 0 bridgehead atoms. The Morgan fingerprint density at radius 1 is 1.28 bits per heavy atom. The molecule has 2 fully saturated rings. The van der Waals surface area contributed by atoms with E-state index in [1.54, 1.807) is 0 Å². The minimum Gasteiger partial charge on any atom is -0.354 e. The number of fused-ring (bicyclic) bond motifs is 1. The van der Waals surface area contributed by atoms with E-state index in [-0.39, 0.29) is 23.1 Å². The second-order valence-electron chi connectivity index (χ2n) is 9.10. The molecule has 0 spiro atoms. The van der Waals surface area contributed by atoms with E-state index in [9.17, 15) is 9.59 Å². The SMILES string of the molecule is Cc1c(C(=O)NC2CC(C)N(C3CC3)C2)[nH]c2c1C(=O)CC(C)(C)C2. The van der Waals surface area contributed by atoms with Gasteiger partial charge in [-0.1, -0.05) is 13.8 Å². The summed E-state index contributed by atoms with van der Waals surface area (Å²) >= 11 is 0. The number of likely N-dealkylation sites (tertiary alicyclic amines) is 1. The number of hydrogen-bond donors (Lipinski definition) is 2. The number of rotatable bonds is 3. The number of aromatic amines is 1. The van der Waals surface area contributed by atoms with E-state index < -0.39 is 0 Å². The van der Waals surface area contributed by atoms with E-state index in [0.717, 1.165) is 42.2 Å². The zero-order valence-electron chi connectivity index (χ0n) is 15.7. The van der Waals surface area contributed by atoms with Gasteiger partial charge in [-0.15, -0.1) is 0 Å². The number of carbonyl (C=O) groups is 2. The van der Waals surface area contributed by atoms with Crippen molar-refractivity contribution in [1.82, 2.24) is 15.2 Å². The zero-order chi connectivity index (χ0) is 17.9. The van der Waals surface area contributed by atoms with Crippen molar-refractivity contribution in [3.05, 3.63) is 22.5 Å². The fraction of sp³-hybridized carbons (Fsp3) is 0.700. The van der Waals surface area contributed by atoms with Crippen LogP contribution in [0.1, 0.15) is 78.6 Å². The molecule has 1 saturated carbocycles. The molecular weight excluding hydrogens is 314 g/mol. The number of Topliss-reactive ketones (excluding diaryl/α,β-unsaturated/α-hetero) is 1. The molecule has 136 valence electrons. The van der Waals surface area contributed by atoms with Gasteiger partial charge in [0.2, 0.25) is 0 Å². The molecule has 5 nitrogen and oxygen atoms in total. The molecule has 2 N–H and O–H groups in total. The standard InChI is InChI=1S/C20H29N3O2/c1-11-7-13(10-23(11)14-5-6-14)21-19(25)18-12(2)17-15(22-18)8-20(3,4)9-16(17)24/h11,13-14,22H,5-10H2,1-4H3,(H,21,25). The maximum atomic E-state index is 12.8. The Balaban J connectivity index is 1.51. The average Bonchev–Trinajstić information content (AvgIpc) is 3.19. The van der Waals surface area contributed by atoms with Crippen LogP contribution in [0.2, 0.25) is 0 Å². The Morgan fingerprint density at radius 3 is 2.68 bits per heavy atom. The molecule has 2 aliphatic carbocycles. The van der Waals surface area contributed by atoms with E-state index in [4.69, 9.17) is 0 Å². The van der Waals surface area contributed by atoms with Crippen molar-refractivity contribution in [2.75, 3.05) is 6.54 Å². The monoisotopic (exact) mass is 343 g/mol. The highest BCUT2D eigenvalue weighted by atomic mass is 16.2. The molecular formula is C20H29N3O2. The minimum absolute atomic E-state index is 0.0409. The van der Waals surface area contributed by atoms with Crippen molar-refractivity contribution in [3.63, 3.8) is 0 Å². The smallest absolute Gasteiger partial charge is 0.268 e. The van der Waals surface area contributed by atoms with Gasteiger partial charge in [0.05, 0.1) is 0 Å². The Labute approximate surface area is 149 Å². The van der Waals surface area contributed by atoms with Gasteiger partial charge in [-0.3, -0.25) is 14.5 Å². The van der Waals surface area contributed by atoms with Gasteiger partial charge >= 0.3 is 0 Å². The second-order valence-corrected chi connectivity index (χ2v) is 9.10. The number of carbonyl (C=O) groups excluding carboxylic acids is 2. The lowest BCUT2D eigenvalue weighted by Crippen LogP contribution is -2.38. The fourth-order valence-electron chi connectivity index (χ4n) is 4.79. The van der Waals surface area contributed by atoms with Crippen LogP contribution in [0.15, 0.2) is 0 Å². The first-order valence-corrected chi connectivity index (χ1v) is 9.56. The van der Waals surface area contributed by atoms with Crippen molar-refractivity contribution in [2.24, 2.45) is 5.41 Å². The molecule has 25 heavy (non-hydrogen) atoms. The summed E-state index contributed by atoms with van der Waals surface area (Å²) in [5.74, 6) is 0.0980. The quantitative estimate of drug-likeness (QED) is 0.887. The number of nitrogens with one attached hydrogen (secondary N) is 2. The first-order chi connectivity index (χ1) is 11.7. The molecule has 4 rings (SSSR count). The molecule has 2 heterocycles. The summed E-state index contributed by atoms with van der Waals surface area (Å²) < 4.78 is 0. The summed E-state index contributed by atoms with van der Waals surface area (Å²) in [6.07, 6.45) is 4.97. The molecule has 0 radical (unpaired) electrons. The second kappa shape index (κ2) is 5.70. The number of H-pyrrole nitrogens is 1. The van der Waals surface area contributed by atoms with Gasteiger partial charge in [0, 0.05) is 42.3 Å². The lowest BCUT2D eigenvalue weighted by atomic mass is 9.75. The summed E-state index contributed by atoms with van der Waals surface area (Å²) in [6.45, 7) is 9.31. The van der Waals surface area contributed by atoms with Crippen LogP contribution < -0.4 is 5.32 Å². The van der Waals surface area contributed by atoms with Gasteiger partial charge < -0.3 is 10.3 Å². The Morgan fingerprint density at radius 2 is 2.00 bits per heavy atom. The van der Waals surface area contributed by atoms with Crippen LogP contribution in [-0.4, -0.2) is 46.2 Å². The summed E-state index contributed by atoms with van der Waals surface area (Å²) in [7, 11) is 0. The molecule has 2 unspecified atom stereocenters. The van der Waals surface area contributed by atoms with Gasteiger partial charge in [-0.05, 0) is 50.5 Å². The third-order valence-electron chi connectivity index (χ3n) is 6.10. The van der Waals surface area contributed by atoms with E-state index >= 15 is 0 Å². The van der Waals surface area contributed by atoms with Crippen LogP contribution in [-0.2, 0) is 6.42 Å². The van der Waals surface area contributed by atoms with E-state index in [0.29, 0.717) is 18.2 Å². The minimum atomic E-state index is -0.0626. The first kappa shape index (κ1) is 16.8. The highest BCUT2D eigenvalue weighted by molar-refractivity contribution is 6.04. The fourth-order valence-corrected chi connectivity index (χ4v) is 4.79. The van der Waals surface area contributed by atoms with Crippen molar-refractivity contribution < 1.29 is 9.59 Å². The topological polar surface area (TPSA) is 65.2 Å². The highest BCUT2D eigenvalue weighted by Crippen LogP contribution is 2.37. The third-order valence-corrected chi connectivity index (χ3v) is 6.10. The summed E-state index contributed by atoms with van der Waals surface area (Å²) in [5, 5.41) is 3.20. The van der Waals surface area contributed by atoms with Crippen LogP contribution in [0, 0.1) is 12.3 Å². The third kappa shape index (κ3) is 3.03. The molecule has 1 aliphatic heterocycles. The Bertz CT molecular complexity index is 730. The van der Waals surface area contributed by atoms with Gasteiger partial charge in [-0.2, -0.15) is 0 Å². The first-order valence-electron chi connectivity index (χ1n) is 9.56. The maximum Gasteiger partial charge on any atom is 0.268 e. The highest BCUT2D eigenvalue weighted by Gasteiger charge is 2.40. The van der Waals surface area contributed by atoms with Gasteiger partial charge in [0.1, 0.15) is 5.69 Å². The lowest BCUT2D eigenvalue weighted by molar-refractivity contribution is 0.0908. The largest absolute Gasteiger partial charge is 0.354 e. The van der Waals surface area contributed by atoms with E-state index in [1.165, 1.54) is 12.8 Å². The van der Waals surface area contributed by atoms with Crippen LogP contribution in [0.5, 0.6) is 0 Å². The predicted octanol–water partition coefficient (Wildman–Crippen LogP) is 2.83. The normalized spacial score (nSPS) is 28.9. The van der Waals surface area contributed by atoms with Gasteiger partial charge in [0.15, 0.2) is 5.78 Å². The maximum absolute atomic E-state index is 12.8. The van der Waals surface area contributed by atoms with Crippen molar-refractivity contribution >= 4 is 11.7 Å². The van der Waals surface area contributed by atoms with Crippen molar-refractivity contribution in [2.45, 2.75) is 77.9 Å². The van der Waals surface area contributed by atoms with Gasteiger partial charge in [0.25, 0.3) is 5.91 Å². The summed E-state index contributed by atoms with van der Waals surface area (Å²) in [5.41, 5.74) is 3.04. The number of nitrogens with zero attached hydrogens (tertiary/aromatic N) is 1. The molecule has 2 atom stereocenters. The molecule has 5 heteroatoms. The van der Waals surface area contributed by atoms with Crippen LogP contribution in [0.3, 0.4) is 0 Å². The number of ketones is 1. The number of hydrogen-bond acceptors (Lipinski definition) is 3. The van der Waals surface area contributed by atoms with Crippen LogP contribution in [0.4, 0.5) is 0 Å². The average molecular weight is 343 g/mol. The van der Waals surface area contributed by atoms with Crippen molar-refractivity contribution in [1.29, 1.82) is 0 Å². The lowest BCUT2D eigenvalue weighted by Gasteiger charge is -2.28. The number of amides is 1. The molecule has 0 aromatic carbocycles. The van der Waals surface area contributed by atoms with Gasteiger partial charge in [-0.25, -0.2) is 0 Å². The van der Waals surface area contributed by atoms with E-state index in [2.05, 4.69) is 36.0 Å². The molecule has 1 aromatic rings. The molecule has 1 amide bonds. The van der Waals surface area contributed by atoms with E-state index in [1.807, 2.05) is 6.92 Å². The number of aromatic nitrogens is 1.